The second-order valence-electron chi connectivity index (χ2n) is 6.98. The van der Waals surface area contributed by atoms with Crippen molar-refractivity contribution in [3.63, 3.8) is 0 Å². The van der Waals surface area contributed by atoms with Crippen molar-refractivity contribution in [3.8, 4) is 5.75 Å². The lowest BCUT2D eigenvalue weighted by atomic mass is 9.86. The molecule has 1 fully saturated rings. The van der Waals surface area contributed by atoms with Gasteiger partial charge in [-0.3, -0.25) is 0 Å². The molecule has 0 spiro atoms. The van der Waals surface area contributed by atoms with E-state index in [1.165, 1.54) is 6.07 Å². The van der Waals surface area contributed by atoms with Crippen molar-refractivity contribution < 1.29 is 14.0 Å². The fourth-order valence-corrected chi connectivity index (χ4v) is 3.99. The smallest absolute Gasteiger partial charge is 0.151 e. The fourth-order valence-electron chi connectivity index (χ4n) is 2.75. The molecule has 136 valence electrons. The number of aromatic hydroxyl groups is 1. The normalized spacial score (nSPS) is 19.3. The summed E-state index contributed by atoms with van der Waals surface area (Å²) >= 11 is 10.3. The van der Waals surface area contributed by atoms with E-state index in [1.54, 1.807) is 0 Å². The van der Waals surface area contributed by atoms with Gasteiger partial charge < -0.3 is 15.0 Å². The molecule has 1 heterocycles. The van der Waals surface area contributed by atoms with Crippen LogP contribution in [0, 0.1) is 11.7 Å². The second-order valence-corrected chi connectivity index (χ2v) is 9.77. The van der Waals surface area contributed by atoms with Gasteiger partial charge in [0.15, 0.2) is 5.82 Å². The molecule has 2 rings (SSSR count). The summed E-state index contributed by atoms with van der Waals surface area (Å²) in [5.41, 5.74) is 0.0360. The molecule has 2 atom stereocenters. The van der Waals surface area contributed by atoms with Crippen LogP contribution in [-0.4, -0.2) is 27.5 Å². The minimum atomic E-state index is -1.42. The SMILES string of the molecule is CC(C)(C)[S@+]([O-])NC(c1c(O)cc(Cl)c(Cl)c1F)C1CCNCC1. The maximum atomic E-state index is 14.7. The van der Waals surface area contributed by atoms with E-state index < -0.39 is 28.0 Å². The van der Waals surface area contributed by atoms with Crippen LogP contribution in [0.15, 0.2) is 6.07 Å². The molecule has 3 N–H and O–H groups in total. The van der Waals surface area contributed by atoms with Gasteiger partial charge in [0.25, 0.3) is 0 Å². The van der Waals surface area contributed by atoms with Crippen LogP contribution >= 0.6 is 23.2 Å². The van der Waals surface area contributed by atoms with Crippen LogP contribution in [0.4, 0.5) is 4.39 Å². The third kappa shape index (κ3) is 4.48. The van der Waals surface area contributed by atoms with Gasteiger partial charge in [-0.25, -0.2) is 4.39 Å². The Kier molecular flexibility index (Phi) is 6.67. The summed E-state index contributed by atoms with van der Waals surface area (Å²) in [6.45, 7) is 7.07. The number of hydrogen-bond acceptors (Lipinski definition) is 4. The molecule has 1 aliphatic rings. The molecule has 1 unspecified atom stereocenters. The highest BCUT2D eigenvalue weighted by molar-refractivity contribution is 7.90. The second kappa shape index (κ2) is 7.98. The summed E-state index contributed by atoms with van der Waals surface area (Å²) < 4.78 is 29.8. The Balaban J connectivity index is 2.44. The highest BCUT2D eigenvalue weighted by atomic mass is 35.5. The van der Waals surface area contributed by atoms with Crippen LogP contribution in [0.5, 0.6) is 5.75 Å². The monoisotopic (exact) mass is 396 g/mol. The summed E-state index contributed by atoms with van der Waals surface area (Å²) in [4.78, 5) is 0. The van der Waals surface area contributed by atoms with Crippen molar-refractivity contribution >= 4 is 34.6 Å². The van der Waals surface area contributed by atoms with Gasteiger partial charge in [0.2, 0.25) is 0 Å². The maximum Gasteiger partial charge on any atom is 0.151 e. The molecule has 24 heavy (non-hydrogen) atoms. The largest absolute Gasteiger partial charge is 0.598 e. The quantitative estimate of drug-likeness (QED) is 0.532. The van der Waals surface area contributed by atoms with E-state index in [0.29, 0.717) is 0 Å². The van der Waals surface area contributed by atoms with Crippen LogP contribution in [-0.2, 0) is 11.4 Å². The molecular formula is C16H23Cl2FN2O2S. The predicted octanol–water partition coefficient (Wildman–Crippen LogP) is 3.93. The molecule has 1 aromatic rings. The lowest BCUT2D eigenvalue weighted by molar-refractivity contribution is 0.293. The lowest BCUT2D eigenvalue weighted by Gasteiger charge is -2.34. The van der Waals surface area contributed by atoms with Gasteiger partial charge >= 0.3 is 0 Å². The van der Waals surface area contributed by atoms with Crippen molar-refractivity contribution in [2.45, 2.75) is 44.4 Å². The summed E-state index contributed by atoms with van der Waals surface area (Å²) in [6, 6.07) is 0.625. The number of halogens is 3. The van der Waals surface area contributed by atoms with Crippen LogP contribution in [0.2, 0.25) is 10.0 Å². The molecule has 0 bridgehead atoms. The standard InChI is InChI=1S/C16H23Cl2FN2O2S/c1-16(2,3)24(23)21-15(9-4-6-20-7-5-9)12-11(22)8-10(17)13(18)14(12)19/h8-9,15,20-22H,4-7H2,1-3H3/t15?,24-/m0/s1. The number of piperidine rings is 1. The van der Waals surface area contributed by atoms with E-state index in [-0.39, 0.29) is 27.3 Å². The van der Waals surface area contributed by atoms with E-state index in [9.17, 15) is 14.0 Å². The van der Waals surface area contributed by atoms with Crippen molar-refractivity contribution in [1.29, 1.82) is 0 Å². The Morgan fingerprint density at radius 3 is 2.50 bits per heavy atom. The molecule has 8 heteroatoms. The van der Waals surface area contributed by atoms with Crippen molar-refractivity contribution in [2.24, 2.45) is 5.92 Å². The van der Waals surface area contributed by atoms with Crippen molar-refractivity contribution in [1.82, 2.24) is 10.0 Å². The highest BCUT2D eigenvalue weighted by Gasteiger charge is 2.37. The topological polar surface area (TPSA) is 67.3 Å². The molecule has 1 aliphatic heterocycles. The Morgan fingerprint density at radius 2 is 1.96 bits per heavy atom. The molecule has 1 saturated heterocycles. The first-order chi connectivity index (χ1) is 11.1. The summed E-state index contributed by atoms with van der Waals surface area (Å²) in [7, 11) is 0. The van der Waals surface area contributed by atoms with Gasteiger partial charge in [0, 0.05) is 17.4 Å². The summed E-state index contributed by atoms with van der Waals surface area (Å²) in [5.74, 6) is -1.01. The first kappa shape index (κ1) is 20.1. The van der Waals surface area contributed by atoms with E-state index in [2.05, 4.69) is 10.0 Å². The van der Waals surface area contributed by atoms with Gasteiger partial charge in [-0.1, -0.05) is 23.2 Å². The zero-order valence-electron chi connectivity index (χ0n) is 14.0. The third-order valence-corrected chi connectivity index (χ3v) is 6.48. The fraction of sp³-hybridized carbons (Fsp3) is 0.625. The molecular weight excluding hydrogens is 374 g/mol. The van der Waals surface area contributed by atoms with Gasteiger partial charge in [-0.15, -0.1) is 4.72 Å². The van der Waals surface area contributed by atoms with Gasteiger partial charge in [-0.05, 0) is 52.6 Å². The predicted molar refractivity (Wildman–Crippen MR) is 97.5 cm³/mol. The van der Waals surface area contributed by atoms with Gasteiger partial charge in [0.05, 0.1) is 21.7 Å². The molecule has 4 nitrogen and oxygen atoms in total. The minimum absolute atomic E-state index is 0.0233. The van der Waals surface area contributed by atoms with E-state index in [0.717, 1.165) is 25.9 Å². The average molecular weight is 397 g/mol. The third-order valence-electron chi connectivity index (χ3n) is 4.13. The Labute approximate surface area is 155 Å². The van der Waals surface area contributed by atoms with Gasteiger partial charge in [0.1, 0.15) is 10.5 Å². The highest BCUT2D eigenvalue weighted by Crippen LogP contribution is 2.41. The minimum Gasteiger partial charge on any atom is -0.598 e. The molecule has 1 aromatic carbocycles. The number of nitrogens with one attached hydrogen (secondary N) is 2. The number of phenols is 1. The maximum absolute atomic E-state index is 14.7. The number of hydrogen-bond donors (Lipinski definition) is 3. The lowest BCUT2D eigenvalue weighted by Crippen LogP contribution is -2.45. The first-order valence-electron chi connectivity index (χ1n) is 7.88. The van der Waals surface area contributed by atoms with E-state index in [4.69, 9.17) is 23.2 Å². The van der Waals surface area contributed by atoms with Crippen LogP contribution in [0.1, 0.15) is 45.2 Å². The van der Waals surface area contributed by atoms with Gasteiger partial charge in [-0.2, -0.15) is 0 Å². The molecule has 0 saturated carbocycles. The molecule has 0 amide bonds. The Bertz CT molecular complexity index is 592. The zero-order chi connectivity index (χ0) is 18.1. The molecule has 0 aromatic heterocycles. The van der Waals surface area contributed by atoms with Crippen LogP contribution < -0.4 is 10.0 Å². The van der Waals surface area contributed by atoms with Crippen LogP contribution in [0.3, 0.4) is 0 Å². The number of phenolic OH excluding ortho intramolecular Hbond substituents is 1. The van der Waals surface area contributed by atoms with Crippen molar-refractivity contribution in [2.75, 3.05) is 13.1 Å². The first-order valence-corrected chi connectivity index (χ1v) is 9.78. The Morgan fingerprint density at radius 1 is 1.38 bits per heavy atom. The van der Waals surface area contributed by atoms with Crippen molar-refractivity contribution in [3.05, 3.63) is 27.5 Å². The van der Waals surface area contributed by atoms with E-state index >= 15 is 0 Å². The molecule has 0 aliphatic carbocycles. The number of benzene rings is 1. The Hall–Kier alpha value is -0.240. The average Bonchev–Trinajstić information content (AvgIpc) is 2.51. The zero-order valence-corrected chi connectivity index (χ0v) is 16.3. The molecule has 0 radical (unpaired) electrons. The van der Waals surface area contributed by atoms with Crippen LogP contribution in [0.25, 0.3) is 0 Å². The summed E-state index contributed by atoms with van der Waals surface area (Å²) in [6.07, 6.45) is 1.55. The number of rotatable bonds is 4. The van der Waals surface area contributed by atoms with E-state index in [1.807, 2.05) is 20.8 Å². The summed E-state index contributed by atoms with van der Waals surface area (Å²) in [5, 5.41) is 13.2.